The Morgan fingerprint density at radius 3 is 1.76 bits per heavy atom. The Balaban J connectivity index is 1.51. The van der Waals surface area contributed by atoms with Gasteiger partial charge in [-0.25, -0.2) is 0 Å². The number of rotatable bonds is 4. The van der Waals surface area contributed by atoms with Gasteiger partial charge in [-0.2, -0.15) is 0 Å². The van der Waals surface area contributed by atoms with Gasteiger partial charge in [0.05, 0.1) is 3.42 Å². The van der Waals surface area contributed by atoms with Gasteiger partial charge in [0.15, 0.2) is 0 Å². The van der Waals surface area contributed by atoms with Gasteiger partial charge in [-0.05, 0) is 71.4 Å². The van der Waals surface area contributed by atoms with Gasteiger partial charge in [-0.3, -0.25) is 0 Å². The second-order valence-corrected chi connectivity index (χ2v) is 10.9. The van der Waals surface area contributed by atoms with Gasteiger partial charge >= 0.3 is 0 Å². The number of allylic oxidation sites excluding steroid dienone is 4. The minimum Gasteiger partial charge on any atom is -0.0819 e. The summed E-state index contributed by atoms with van der Waals surface area (Å²) >= 11 is 2.62. The quantitative estimate of drug-likeness (QED) is 0.179. The second kappa shape index (κ2) is 9.15. The van der Waals surface area contributed by atoms with E-state index < -0.39 is 0 Å². The molecule has 0 heterocycles. The Morgan fingerprint density at radius 2 is 1.12 bits per heavy atom. The summed E-state index contributed by atoms with van der Waals surface area (Å²) in [4.78, 5) is 0. The van der Waals surface area contributed by atoms with Gasteiger partial charge in [0, 0.05) is 0 Å². The molecule has 0 nitrogen and oxygen atoms in total. The lowest BCUT2D eigenvalue weighted by molar-refractivity contribution is 0.820. The summed E-state index contributed by atoms with van der Waals surface area (Å²) in [6, 6.07) is 35.4. The summed E-state index contributed by atoms with van der Waals surface area (Å²) in [5.41, 5.74) is 11.5. The molecule has 0 saturated carbocycles. The first-order valence-electron chi connectivity index (χ1n) is 11.4. The van der Waals surface area contributed by atoms with E-state index >= 15 is 0 Å². The molecule has 0 bridgehead atoms. The van der Waals surface area contributed by atoms with Gasteiger partial charge in [-0.15, -0.1) is 0 Å². The molecular weight excluding hydrogens is 511 g/mol. The molecule has 1 aliphatic carbocycles. The highest BCUT2D eigenvalue weighted by Gasteiger charge is 2.28. The largest absolute Gasteiger partial charge is 0.0819 e. The molecule has 5 rings (SSSR count). The van der Waals surface area contributed by atoms with Crippen LogP contribution in [-0.2, 0) is 3.42 Å². The number of alkyl halides is 1. The van der Waals surface area contributed by atoms with E-state index in [9.17, 15) is 0 Å². The zero-order valence-electron chi connectivity index (χ0n) is 19.1. The molecule has 33 heavy (non-hydrogen) atoms. The number of aryl methyl sites for hydroxylation is 2. The minimum absolute atomic E-state index is 0.0189. The maximum atomic E-state index is 2.62. The molecule has 0 aliphatic heterocycles. The number of benzene rings is 4. The first-order chi connectivity index (χ1) is 16.0. The Bertz CT molecular complexity index is 1370. The molecule has 1 atom stereocenters. The van der Waals surface area contributed by atoms with Crippen LogP contribution in [0.5, 0.6) is 0 Å². The molecule has 0 spiro atoms. The fraction of sp³-hybridized carbons (Fsp3) is 0.125. The third kappa shape index (κ3) is 4.74. The van der Waals surface area contributed by atoms with Crippen molar-refractivity contribution in [3.8, 4) is 22.3 Å². The van der Waals surface area contributed by atoms with Crippen LogP contribution < -0.4 is 0 Å². The van der Waals surface area contributed by atoms with Gasteiger partial charge in [0.1, 0.15) is 0 Å². The van der Waals surface area contributed by atoms with Crippen LogP contribution in [0.25, 0.3) is 27.8 Å². The second-order valence-electron chi connectivity index (χ2n) is 8.97. The number of hydrogen-bond acceptors (Lipinski definition) is 0. The normalized spacial score (nSPS) is 17.6. The predicted molar refractivity (Wildman–Crippen MR) is 151 cm³/mol. The minimum atomic E-state index is -0.0189. The van der Waals surface area contributed by atoms with Crippen molar-refractivity contribution in [1.29, 1.82) is 0 Å². The van der Waals surface area contributed by atoms with E-state index in [1.807, 2.05) is 0 Å². The molecule has 0 amide bonds. The van der Waals surface area contributed by atoms with Gasteiger partial charge in [-0.1, -0.05) is 137 Å². The lowest BCUT2D eigenvalue weighted by atomic mass is 9.86. The Kier molecular flexibility index (Phi) is 6.07. The molecule has 0 fully saturated rings. The lowest BCUT2D eigenvalue weighted by Gasteiger charge is -2.28. The van der Waals surface area contributed by atoms with Crippen molar-refractivity contribution in [2.75, 3.05) is 0 Å². The van der Waals surface area contributed by atoms with Crippen LogP contribution in [0.3, 0.4) is 0 Å². The van der Waals surface area contributed by atoms with Crippen molar-refractivity contribution in [2.45, 2.75) is 23.7 Å². The maximum absolute atomic E-state index is 2.62. The van der Waals surface area contributed by atoms with E-state index in [0.29, 0.717) is 0 Å². The average Bonchev–Trinajstić information content (AvgIpc) is 2.84. The fourth-order valence-electron chi connectivity index (χ4n) is 4.58. The van der Waals surface area contributed by atoms with Crippen molar-refractivity contribution in [3.05, 3.63) is 138 Å². The standard InChI is InChI=1S/C32H27I/c1-23-8-3-10-25(18-23)26-11-5-12-27(20-26)28-13-6-14-29(21-28)30-15-7-17-32(33,22-30)31-16-4-9-24(2)19-31/h3-16,18-22H,17H2,1-2H3. The van der Waals surface area contributed by atoms with Crippen LogP contribution in [0.1, 0.15) is 28.7 Å². The molecular formula is C32H27I. The average molecular weight is 538 g/mol. The van der Waals surface area contributed by atoms with Crippen LogP contribution in [0.15, 0.2) is 115 Å². The van der Waals surface area contributed by atoms with E-state index in [-0.39, 0.29) is 3.42 Å². The van der Waals surface area contributed by atoms with Crippen molar-refractivity contribution in [1.82, 2.24) is 0 Å². The topological polar surface area (TPSA) is 0 Å². The zero-order chi connectivity index (χ0) is 22.8. The van der Waals surface area contributed by atoms with Gasteiger partial charge < -0.3 is 0 Å². The fourth-order valence-corrected chi connectivity index (χ4v) is 5.50. The molecule has 0 aromatic heterocycles. The van der Waals surface area contributed by atoms with Crippen LogP contribution in [0, 0.1) is 13.8 Å². The smallest absolute Gasteiger partial charge is 0.0693 e. The maximum Gasteiger partial charge on any atom is 0.0693 e. The summed E-state index contributed by atoms with van der Waals surface area (Å²) in [5, 5.41) is 0. The van der Waals surface area contributed by atoms with Crippen LogP contribution >= 0.6 is 22.6 Å². The molecule has 0 saturated heterocycles. The van der Waals surface area contributed by atoms with Crippen molar-refractivity contribution < 1.29 is 0 Å². The summed E-state index contributed by atoms with van der Waals surface area (Å²) in [5.74, 6) is 0. The van der Waals surface area contributed by atoms with E-state index in [1.165, 1.54) is 50.1 Å². The Labute approximate surface area is 210 Å². The first-order valence-corrected chi connectivity index (χ1v) is 12.5. The van der Waals surface area contributed by atoms with Crippen molar-refractivity contribution >= 4 is 28.2 Å². The van der Waals surface area contributed by atoms with Gasteiger partial charge in [0.2, 0.25) is 0 Å². The molecule has 162 valence electrons. The van der Waals surface area contributed by atoms with Crippen LogP contribution in [-0.4, -0.2) is 0 Å². The van der Waals surface area contributed by atoms with E-state index in [0.717, 1.165) is 6.42 Å². The Hall–Kier alpha value is -2.91. The number of hydrogen-bond donors (Lipinski definition) is 0. The van der Waals surface area contributed by atoms with Crippen LogP contribution in [0.2, 0.25) is 0 Å². The van der Waals surface area contributed by atoms with Crippen LogP contribution in [0.4, 0.5) is 0 Å². The van der Waals surface area contributed by atoms with E-state index in [4.69, 9.17) is 0 Å². The Morgan fingerprint density at radius 1 is 0.606 bits per heavy atom. The highest BCUT2D eigenvalue weighted by Crippen LogP contribution is 2.43. The van der Waals surface area contributed by atoms with Gasteiger partial charge in [0.25, 0.3) is 0 Å². The first kappa shape index (κ1) is 21.9. The van der Waals surface area contributed by atoms with E-state index in [1.54, 1.807) is 0 Å². The SMILES string of the molecule is Cc1cccc(-c2cccc(-c3cccc(C4=CC(I)(c5cccc(C)c5)CC=C4)c3)c2)c1. The monoisotopic (exact) mass is 538 g/mol. The zero-order valence-corrected chi connectivity index (χ0v) is 21.2. The molecule has 1 unspecified atom stereocenters. The summed E-state index contributed by atoms with van der Waals surface area (Å²) < 4.78 is -0.0189. The summed E-state index contributed by atoms with van der Waals surface area (Å²) in [6.45, 7) is 4.31. The molecule has 1 heteroatoms. The van der Waals surface area contributed by atoms with E-state index in [2.05, 4.69) is 152 Å². The summed E-state index contributed by atoms with van der Waals surface area (Å²) in [6.07, 6.45) is 8.04. The highest BCUT2D eigenvalue weighted by molar-refractivity contribution is 14.1. The molecule has 1 aliphatic rings. The van der Waals surface area contributed by atoms with Crippen molar-refractivity contribution in [3.63, 3.8) is 0 Å². The molecule has 0 radical (unpaired) electrons. The highest BCUT2D eigenvalue weighted by atomic mass is 127. The molecule has 4 aromatic carbocycles. The van der Waals surface area contributed by atoms with Crippen molar-refractivity contribution in [2.24, 2.45) is 0 Å². The predicted octanol–water partition coefficient (Wildman–Crippen LogP) is 9.31. The molecule has 0 N–H and O–H groups in total. The third-order valence-electron chi connectivity index (χ3n) is 6.34. The lowest BCUT2D eigenvalue weighted by Crippen LogP contribution is -2.16. The third-order valence-corrected chi connectivity index (χ3v) is 7.71. The number of halogens is 1. The summed E-state index contributed by atoms with van der Waals surface area (Å²) in [7, 11) is 0. The molecule has 4 aromatic rings.